The van der Waals surface area contributed by atoms with Gasteiger partial charge in [-0.2, -0.15) is 0 Å². The summed E-state index contributed by atoms with van der Waals surface area (Å²) >= 11 is 0. The second-order valence-corrected chi connectivity index (χ2v) is 20.6. The summed E-state index contributed by atoms with van der Waals surface area (Å²) in [4.78, 5) is 25.1. The number of carbonyl (C=O) groups is 1. The molecular formula is C54H103N2O6P. The predicted molar refractivity (Wildman–Crippen MR) is 270 cm³/mol. The van der Waals surface area contributed by atoms with Crippen molar-refractivity contribution in [3.8, 4) is 0 Å². The maximum absolute atomic E-state index is 12.8. The fourth-order valence-electron chi connectivity index (χ4n) is 7.68. The maximum atomic E-state index is 12.8. The molecule has 0 fully saturated rings. The van der Waals surface area contributed by atoms with E-state index in [9.17, 15) is 19.4 Å². The number of likely N-dealkylation sites (N-methyl/N-ethyl adjacent to an activating group) is 1. The van der Waals surface area contributed by atoms with Crippen LogP contribution in [-0.2, 0) is 18.4 Å². The number of phosphoric acid groups is 1. The van der Waals surface area contributed by atoms with Gasteiger partial charge in [-0.3, -0.25) is 9.36 Å². The maximum Gasteiger partial charge on any atom is 0.268 e. The van der Waals surface area contributed by atoms with E-state index < -0.39 is 20.0 Å². The fraction of sp³-hybridized carbons (Fsp3) is 0.833. The molecule has 2 N–H and O–H groups in total. The zero-order valence-electron chi connectivity index (χ0n) is 42.0. The number of phosphoric ester groups is 1. The van der Waals surface area contributed by atoms with Gasteiger partial charge in [0.1, 0.15) is 13.2 Å². The van der Waals surface area contributed by atoms with E-state index in [0.717, 1.165) is 70.6 Å². The number of hydrogen-bond donors (Lipinski definition) is 2. The molecule has 0 aromatic heterocycles. The van der Waals surface area contributed by atoms with Crippen molar-refractivity contribution in [3.63, 3.8) is 0 Å². The summed E-state index contributed by atoms with van der Waals surface area (Å²) in [6, 6.07) is -0.794. The van der Waals surface area contributed by atoms with Gasteiger partial charge in [-0.1, -0.05) is 229 Å². The molecule has 0 saturated carbocycles. The highest BCUT2D eigenvalue weighted by Gasteiger charge is 2.24. The lowest BCUT2D eigenvalue weighted by molar-refractivity contribution is -0.870. The van der Waals surface area contributed by atoms with Gasteiger partial charge in [-0.25, -0.2) is 0 Å². The van der Waals surface area contributed by atoms with Crippen LogP contribution in [0, 0.1) is 0 Å². The number of allylic oxidation sites excluding steroid dienone is 8. The van der Waals surface area contributed by atoms with Gasteiger partial charge in [0.15, 0.2) is 0 Å². The van der Waals surface area contributed by atoms with Crippen LogP contribution in [0.4, 0.5) is 0 Å². The molecular weight excluding hydrogens is 804 g/mol. The monoisotopic (exact) mass is 907 g/mol. The van der Waals surface area contributed by atoms with E-state index in [1.54, 1.807) is 0 Å². The highest BCUT2D eigenvalue weighted by atomic mass is 31.2. The molecule has 0 aliphatic heterocycles. The standard InChI is InChI=1S/C54H103N2O6P/c1-6-8-10-12-13-14-15-16-17-18-19-20-21-22-23-24-25-26-27-28-29-30-31-32-33-34-35-36-37-38-39-40-41-42-43-44-46-48-54(58)55-52(53(57)47-45-11-9-7-2)51-62-63(59,60)61-50-49-56(3,4)5/h8,10,13-14,16-17,19-20,52-53,57H,6-7,9,11-12,15,18,21-51H2,1-5H3,(H-,55,58,59,60)/b10-8-,14-13-,17-16-,20-19-. The molecule has 1 amide bonds. The first-order chi connectivity index (χ1) is 30.5. The molecule has 0 radical (unpaired) electrons. The van der Waals surface area contributed by atoms with Crippen LogP contribution in [0.2, 0.25) is 0 Å². The fourth-order valence-corrected chi connectivity index (χ4v) is 8.40. The van der Waals surface area contributed by atoms with Crippen molar-refractivity contribution in [1.82, 2.24) is 5.32 Å². The quantitative estimate of drug-likeness (QED) is 0.0272. The highest BCUT2D eigenvalue weighted by molar-refractivity contribution is 7.45. The minimum atomic E-state index is -4.54. The average Bonchev–Trinajstić information content (AvgIpc) is 3.24. The van der Waals surface area contributed by atoms with E-state index in [4.69, 9.17) is 9.05 Å². The lowest BCUT2D eigenvalue weighted by Gasteiger charge is -2.30. The Labute approximate surface area is 390 Å². The van der Waals surface area contributed by atoms with Gasteiger partial charge >= 0.3 is 0 Å². The van der Waals surface area contributed by atoms with Gasteiger partial charge in [0.05, 0.1) is 39.9 Å². The molecule has 0 aliphatic carbocycles. The van der Waals surface area contributed by atoms with Crippen LogP contribution < -0.4 is 10.2 Å². The van der Waals surface area contributed by atoms with Crippen LogP contribution in [0.25, 0.3) is 0 Å². The van der Waals surface area contributed by atoms with Gasteiger partial charge in [0.2, 0.25) is 5.91 Å². The van der Waals surface area contributed by atoms with Crippen molar-refractivity contribution in [3.05, 3.63) is 48.6 Å². The molecule has 370 valence electrons. The summed E-state index contributed by atoms with van der Waals surface area (Å²) in [5, 5.41) is 13.7. The Morgan fingerprint density at radius 3 is 1.40 bits per heavy atom. The second kappa shape index (κ2) is 45.6. The zero-order chi connectivity index (χ0) is 46.4. The van der Waals surface area contributed by atoms with Crippen molar-refractivity contribution in [2.75, 3.05) is 40.9 Å². The number of nitrogens with zero attached hydrogens (tertiary/aromatic N) is 1. The van der Waals surface area contributed by atoms with Crippen molar-refractivity contribution in [1.29, 1.82) is 0 Å². The van der Waals surface area contributed by atoms with Crippen LogP contribution in [-0.4, -0.2) is 68.5 Å². The first kappa shape index (κ1) is 61.5. The second-order valence-electron chi connectivity index (χ2n) is 19.2. The third-order valence-corrected chi connectivity index (χ3v) is 12.8. The van der Waals surface area contributed by atoms with E-state index in [-0.39, 0.29) is 19.1 Å². The summed E-state index contributed by atoms with van der Waals surface area (Å²) in [7, 11) is 1.30. The first-order valence-electron chi connectivity index (χ1n) is 26.5. The third kappa shape index (κ3) is 48.2. The Kier molecular flexibility index (Phi) is 44.5. The number of amides is 1. The molecule has 9 heteroatoms. The van der Waals surface area contributed by atoms with Crippen molar-refractivity contribution in [2.24, 2.45) is 0 Å². The Morgan fingerprint density at radius 2 is 0.968 bits per heavy atom. The van der Waals surface area contributed by atoms with Crippen molar-refractivity contribution in [2.45, 2.75) is 251 Å². The van der Waals surface area contributed by atoms with Gasteiger partial charge in [-0.15, -0.1) is 0 Å². The molecule has 0 rings (SSSR count). The van der Waals surface area contributed by atoms with E-state index in [1.807, 2.05) is 21.1 Å². The Hall–Kier alpha value is -1.54. The number of aliphatic hydroxyl groups is 1. The van der Waals surface area contributed by atoms with Crippen LogP contribution >= 0.6 is 7.82 Å². The van der Waals surface area contributed by atoms with E-state index in [0.29, 0.717) is 23.9 Å². The third-order valence-electron chi connectivity index (χ3n) is 11.8. The normalized spacial score (nSPS) is 14.5. The lowest BCUT2D eigenvalue weighted by Crippen LogP contribution is -2.46. The lowest BCUT2D eigenvalue weighted by atomic mass is 10.0. The largest absolute Gasteiger partial charge is 0.756 e. The summed E-state index contributed by atoms with van der Waals surface area (Å²) < 4.78 is 23.0. The smallest absolute Gasteiger partial charge is 0.268 e. The first-order valence-corrected chi connectivity index (χ1v) is 27.9. The molecule has 8 nitrogen and oxygen atoms in total. The number of quaternary nitrogens is 1. The van der Waals surface area contributed by atoms with Gasteiger partial charge in [0, 0.05) is 6.42 Å². The number of unbranched alkanes of at least 4 members (excludes halogenated alkanes) is 27. The zero-order valence-corrected chi connectivity index (χ0v) is 42.9. The van der Waals surface area contributed by atoms with E-state index in [1.165, 1.54) is 141 Å². The summed E-state index contributed by atoms with van der Waals surface area (Å²) in [5.74, 6) is -0.171. The van der Waals surface area contributed by atoms with Crippen LogP contribution in [0.3, 0.4) is 0 Å². The topological polar surface area (TPSA) is 108 Å². The van der Waals surface area contributed by atoms with Crippen LogP contribution in [0.15, 0.2) is 48.6 Å². The number of rotatable bonds is 48. The molecule has 0 aliphatic rings. The molecule has 0 bridgehead atoms. The number of carbonyl (C=O) groups excluding carboxylic acids is 1. The molecule has 0 aromatic rings. The van der Waals surface area contributed by atoms with Crippen molar-refractivity contribution >= 4 is 13.7 Å². The SMILES string of the molecule is CC/C=C\C/C=C\C/C=C\C/C=C\CCCCCCCCCCCCCCCCCCCCCCCCCCC(=O)NC(COP(=O)([O-])OCC[N+](C)(C)C)C(O)CCCCCC. The Bertz CT molecular complexity index is 1170. The minimum Gasteiger partial charge on any atom is -0.756 e. The van der Waals surface area contributed by atoms with Crippen LogP contribution in [0.5, 0.6) is 0 Å². The average molecular weight is 907 g/mol. The summed E-state index contributed by atoms with van der Waals surface area (Å²) in [5.41, 5.74) is 0. The summed E-state index contributed by atoms with van der Waals surface area (Å²) in [6.07, 6.45) is 59.5. The van der Waals surface area contributed by atoms with Gasteiger partial charge < -0.3 is 28.8 Å². The van der Waals surface area contributed by atoms with Gasteiger partial charge in [-0.05, 0) is 51.4 Å². The molecule has 0 heterocycles. The number of nitrogens with one attached hydrogen (secondary N) is 1. The molecule has 0 saturated heterocycles. The predicted octanol–water partition coefficient (Wildman–Crippen LogP) is 15.0. The molecule has 0 aromatic carbocycles. The molecule has 0 spiro atoms. The summed E-state index contributed by atoms with van der Waals surface area (Å²) in [6.45, 7) is 4.49. The van der Waals surface area contributed by atoms with Crippen LogP contribution in [0.1, 0.15) is 239 Å². The Morgan fingerprint density at radius 1 is 0.571 bits per heavy atom. The molecule has 63 heavy (non-hydrogen) atoms. The molecule has 3 atom stereocenters. The number of hydrogen-bond acceptors (Lipinski definition) is 6. The van der Waals surface area contributed by atoms with Crippen molar-refractivity contribution < 1.29 is 32.9 Å². The Balaban J connectivity index is 3.67. The van der Waals surface area contributed by atoms with E-state index >= 15 is 0 Å². The van der Waals surface area contributed by atoms with Gasteiger partial charge in [0.25, 0.3) is 7.82 Å². The number of aliphatic hydroxyl groups excluding tert-OH is 1. The minimum absolute atomic E-state index is 0.0120. The highest BCUT2D eigenvalue weighted by Crippen LogP contribution is 2.38. The molecule has 3 unspecified atom stereocenters. The van der Waals surface area contributed by atoms with E-state index in [2.05, 4.69) is 67.8 Å².